The lowest BCUT2D eigenvalue weighted by atomic mass is 9.95. The third-order valence-electron chi connectivity index (χ3n) is 4.71. The van der Waals surface area contributed by atoms with Gasteiger partial charge in [0.1, 0.15) is 0 Å². The summed E-state index contributed by atoms with van der Waals surface area (Å²) in [7, 11) is 1.44. The number of hydrogen-bond donors (Lipinski definition) is 3. The van der Waals surface area contributed by atoms with E-state index in [0.29, 0.717) is 5.69 Å². The maximum atomic E-state index is 13.4. The number of anilines is 2. The number of hydrogen-bond acceptors (Lipinski definition) is 5. The highest BCUT2D eigenvalue weighted by Gasteiger charge is 2.42. The van der Waals surface area contributed by atoms with E-state index in [-0.39, 0.29) is 16.7 Å². The summed E-state index contributed by atoms with van der Waals surface area (Å²) in [5.41, 5.74) is -0.852. The molecule has 1 heterocycles. The van der Waals surface area contributed by atoms with Gasteiger partial charge in [0.05, 0.1) is 16.8 Å². The molecule has 2 aromatic rings. The molecule has 2 aromatic carbocycles. The normalized spacial score (nSPS) is 19.8. The predicted octanol–water partition coefficient (Wildman–Crippen LogP) is 2.94. The molecule has 2 unspecified atom stereocenters. The fourth-order valence-corrected chi connectivity index (χ4v) is 3.35. The summed E-state index contributed by atoms with van der Waals surface area (Å²) in [5, 5.41) is 30.7. The van der Waals surface area contributed by atoms with Gasteiger partial charge in [0.25, 0.3) is 0 Å². The van der Waals surface area contributed by atoms with E-state index in [9.17, 15) is 33.3 Å². The first-order valence-corrected chi connectivity index (χ1v) is 7.96. The van der Waals surface area contributed by atoms with E-state index in [0.717, 1.165) is 17.0 Å². The molecule has 1 aliphatic heterocycles. The maximum Gasteiger partial charge on any atom is 0.418 e. The Balaban J connectivity index is 2.23. The van der Waals surface area contributed by atoms with E-state index < -0.39 is 36.0 Å². The summed E-state index contributed by atoms with van der Waals surface area (Å²) < 4.78 is 40.3. The monoisotopic (exact) mass is 382 g/mol. The van der Waals surface area contributed by atoms with Gasteiger partial charge in [0, 0.05) is 18.3 Å². The van der Waals surface area contributed by atoms with Crippen LogP contribution in [0.5, 0.6) is 0 Å². The number of carboxylic acids is 1. The van der Waals surface area contributed by atoms with Crippen molar-refractivity contribution in [1.29, 1.82) is 0 Å². The Bertz CT molecular complexity index is 901. The molecule has 3 N–H and O–H groups in total. The van der Waals surface area contributed by atoms with Gasteiger partial charge in [-0.15, -0.1) is 0 Å². The zero-order chi connectivity index (χ0) is 20.1. The zero-order valence-electron chi connectivity index (χ0n) is 14.4. The van der Waals surface area contributed by atoms with Crippen molar-refractivity contribution in [3.8, 4) is 0 Å². The Morgan fingerprint density at radius 2 is 1.70 bits per heavy atom. The third kappa shape index (κ3) is 2.98. The number of aliphatic hydroxyl groups is 2. The minimum atomic E-state index is -4.70. The largest absolute Gasteiger partial charge is 0.478 e. The third-order valence-corrected chi connectivity index (χ3v) is 4.71. The van der Waals surface area contributed by atoms with Gasteiger partial charge in [-0.3, -0.25) is 4.90 Å². The molecule has 0 fully saturated rings. The number of alkyl halides is 3. The first kappa shape index (κ1) is 19.0. The van der Waals surface area contributed by atoms with Crippen LogP contribution in [0.25, 0.3) is 0 Å². The van der Waals surface area contributed by atoms with Crippen molar-refractivity contribution in [1.82, 2.24) is 0 Å². The molecule has 0 aromatic heterocycles. The molecule has 0 bridgehead atoms. The van der Waals surface area contributed by atoms with Gasteiger partial charge in [0.2, 0.25) is 6.35 Å². The predicted molar refractivity (Wildman–Crippen MR) is 91.4 cm³/mol. The highest BCUT2D eigenvalue weighted by molar-refractivity contribution is 5.91. The molecule has 1 aliphatic rings. The van der Waals surface area contributed by atoms with Crippen LogP contribution >= 0.6 is 0 Å². The topological polar surface area (TPSA) is 84.2 Å². The van der Waals surface area contributed by atoms with E-state index >= 15 is 0 Å². The van der Waals surface area contributed by atoms with Crippen molar-refractivity contribution in [3.63, 3.8) is 0 Å². The molecule has 0 saturated carbocycles. The quantitative estimate of drug-likeness (QED) is 0.741. The number of carboxylic acid groups (broad SMARTS) is 1. The molecule has 27 heavy (non-hydrogen) atoms. The molecule has 0 aliphatic carbocycles. The average Bonchev–Trinajstić information content (AvgIpc) is 2.59. The van der Waals surface area contributed by atoms with Crippen molar-refractivity contribution in [2.45, 2.75) is 25.7 Å². The maximum absolute atomic E-state index is 13.4. The summed E-state index contributed by atoms with van der Waals surface area (Å²) in [6, 6.07) is 7.30. The standard InChI is InChI=1S/C18H17F3N2O4/c1-9-10(16(25)26)7-8-13-14(9)15(24)23(17(27)22(13)2)12-6-4-3-5-11(12)18(19,20)21/h3-8,15,17,24,27H,1-2H3,(H,25,26). The van der Waals surface area contributed by atoms with Crippen LogP contribution in [-0.2, 0) is 6.18 Å². The van der Waals surface area contributed by atoms with E-state index in [1.807, 2.05) is 0 Å². The minimum Gasteiger partial charge on any atom is -0.478 e. The SMILES string of the molecule is Cc1c(C(=O)O)ccc2c1C(O)N(c1ccccc1C(F)(F)F)C(O)N2C. The number of nitrogens with zero attached hydrogens (tertiary/aromatic N) is 2. The van der Waals surface area contributed by atoms with E-state index in [1.165, 1.54) is 43.1 Å². The smallest absolute Gasteiger partial charge is 0.418 e. The van der Waals surface area contributed by atoms with E-state index in [1.54, 1.807) is 0 Å². The lowest BCUT2D eigenvalue weighted by Crippen LogP contribution is -2.53. The van der Waals surface area contributed by atoms with Crippen LogP contribution in [0, 0.1) is 6.92 Å². The lowest BCUT2D eigenvalue weighted by molar-refractivity contribution is -0.137. The second kappa shape index (κ2) is 6.43. The molecule has 0 saturated heterocycles. The van der Waals surface area contributed by atoms with Crippen LogP contribution in [0.2, 0.25) is 0 Å². The fraction of sp³-hybridized carbons (Fsp3) is 0.278. The van der Waals surface area contributed by atoms with Crippen LogP contribution in [0.1, 0.15) is 33.3 Å². The van der Waals surface area contributed by atoms with Crippen LogP contribution in [0.15, 0.2) is 36.4 Å². The number of carbonyl (C=O) groups is 1. The summed E-state index contributed by atoms with van der Waals surface area (Å²) in [6.07, 6.45) is -7.97. The Kier molecular flexibility index (Phi) is 4.52. The van der Waals surface area contributed by atoms with Crippen molar-refractivity contribution in [2.24, 2.45) is 0 Å². The fourth-order valence-electron chi connectivity index (χ4n) is 3.35. The highest BCUT2D eigenvalue weighted by Crippen LogP contribution is 2.45. The first-order valence-electron chi connectivity index (χ1n) is 7.96. The molecule has 0 amide bonds. The molecule has 144 valence electrons. The van der Waals surface area contributed by atoms with Gasteiger partial charge in [-0.1, -0.05) is 12.1 Å². The molecular formula is C18H17F3N2O4. The van der Waals surface area contributed by atoms with Gasteiger partial charge in [-0.25, -0.2) is 4.79 Å². The number of benzene rings is 2. The molecule has 0 spiro atoms. The Hall–Kier alpha value is -2.78. The Labute approximate surface area is 152 Å². The summed E-state index contributed by atoms with van der Waals surface area (Å²) in [6.45, 7) is 1.46. The second-order valence-electron chi connectivity index (χ2n) is 6.23. The number of aliphatic hydroxyl groups excluding tert-OH is 2. The zero-order valence-corrected chi connectivity index (χ0v) is 14.4. The number of aromatic carboxylic acids is 1. The van der Waals surface area contributed by atoms with Gasteiger partial charge in [0.15, 0.2) is 6.23 Å². The van der Waals surface area contributed by atoms with Crippen molar-refractivity contribution in [3.05, 3.63) is 58.7 Å². The molecule has 0 radical (unpaired) electrons. The van der Waals surface area contributed by atoms with E-state index in [4.69, 9.17) is 0 Å². The molecule has 9 heteroatoms. The Morgan fingerprint density at radius 3 is 2.30 bits per heavy atom. The summed E-state index contributed by atoms with van der Waals surface area (Å²) >= 11 is 0. The van der Waals surface area contributed by atoms with Gasteiger partial charge < -0.3 is 20.2 Å². The lowest BCUT2D eigenvalue weighted by Gasteiger charge is -2.46. The van der Waals surface area contributed by atoms with E-state index in [2.05, 4.69) is 0 Å². The van der Waals surface area contributed by atoms with Crippen LogP contribution in [-0.4, -0.2) is 34.7 Å². The van der Waals surface area contributed by atoms with Gasteiger partial charge in [-0.05, 0) is 36.8 Å². The number of rotatable bonds is 2. The summed E-state index contributed by atoms with van der Waals surface area (Å²) in [5.74, 6) is -1.22. The highest BCUT2D eigenvalue weighted by atomic mass is 19.4. The second-order valence-corrected chi connectivity index (χ2v) is 6.23. The number of para-hydroxylation sites is 1. The van der Waals surface area contributed by atoms with Crippen molar-refractivity contribution >= 4 is 17.3 Å². The van der Waals surface area contributed by atoms with Crippen molar-refractivity contribution < 1.29 is 33.3 Å². The number of fused-ring (bicyclic) bond motifs is 1. The van der Waals surface area contributed by atoms with Crippen LogP contribution in [0.3, 0.4) is 0 Å². The number of halogens is 3. The molecule has 3 rings (SSSR count). The Morgan fingerprint density at radius 1 is 1.07 bits per heavy atom. The molecular weight excluding hydrogens is 365 g/mol. The van der Waals surface area contributed by atoms with Crippen molar-refractivity contribution in [2.75, 3.05) is 16.8 Å². The average molecular weight is 382 g/mol. The van der Waals surface area contributed by atoms with Gasteiger partial charge in [-0.2, -0.15) is 13.2 Å². The van der Waals surface area contributed by atoms with Crippen LogP contribution < -0.4 is 9.80 Å². The molecule has 6 nitrogen and oxygen atoms in total. The molecule has 2 atom stereocenters. The van der Waals surface area contributed by atoms with Crippen LogP contribution in [0.4, 0.5) is 24.5 Å². The summed E-state index contributed by atoms with van der Waals surface area (Å²) in [4.78, 5) is 13.5. The van der Waals surface area contributed by atoms with Gasteiger partial charge >= 0.3 is 12.1 Å². The minimum absolute atomic E-state index is 0.0818. The first-order chi connectivity index (χ1) is 12.6.